The molecule has 0 radical (unpaired) electrons. The third-order valence-corrected chi connectivity index (χ3v) is 7.48. The lowest BCUT2D eigenvalue weighted by atomic mass is 10.1. The number of halogens is 4. The lowest BCUT2D eigenvalue weighted by molar-refractivity contribution is 0.589. The second kappa shape index (κ2) is 9.91. The molecule has 0 bridgehead atoms. The summed E-state index contributed by atoms with van der Waals surface area (Å²) >= 11 is 12.0. The van der Waals surface area contributed by atoms with Crippen LogP contribution in [0.2, 0.25) is 10.0 Å². The number of nitrogens with zero attached hydrogens (tertiary/aromatic N) is 1. The van der Waals surface area contributed by atoms with Crippen LogP contribution in [0.1, 0.15) is 11.1 Å². The average molecular weight is 529 g/mol. The number of nitrogens with one attached hydrogen (secondary N) is 2. The monoisotopic (exact) mass is 527 g/mol. The molecule has 0 aliphatic rings. The summed E-state index contributed by atoms with van der Waals surface area (Å²) in [5, 5.41) is 7.26. The standard InChI is InChI=1S/C23H20Cl2FN3O2S.ClH/c1-14-3-8-22(21(26)9-14)28-16-4-6-18-15(12-27-2)13-29(23(18)10-16)32(30,31)17-5-7-19(24)20(25)11-17;/h3-11,13,27-28H,12H2,1-2H3;1H. The Morgan fingerprint density at radius 3 is 2.42 bits per heavy atom. The fourth-order valence-electron chi connectivity index (χ4n) is 3.50. The number of benzene rings is 3. The van der Waals surface area contributed by atoms with Crippen molar-refractivity contribution in [2.75, 3.05) is 12.4 Å². The Morgan fingerprint density at radius 2 is 1.76 bits per heavy atom. The van der Waals surface area contributed by atoms with Crippen LogP contribution in [0.15, 0.2) is 65.7 Å². The SMILES string of the molecule is CNCc1cn(S(=O)(=O)c2ccc(Cl)c(Cl)c2)c2cc(Nc3ccc(C)cc3F)ccc12.Cl. The molecule has 0 aliphatic heterocycles. The van der Waals surface area contributed by atoms with Crippen LogP contribution in [0.4, 0.5) is 15.8 Å². The molecule has 10 heteroatoms. The van der Waals surface area contributed by atoms with Gasteiger partial charge in [-0.2, -0.15) is 0 Å². The Bertz CT molecular complexity index is 1440. The Morgan fingerprint density at radius 1 is 1.00 bits per heavy atom. The van der Waals surface area contributed by atoms with E-state index >= 15 is 0 Å². The van der Waals surface area contributed by atoms with Gasteiger partial charge in [0.2, 0.25) is 0 Å². The molecular formula is C23H21Cl3FN3O2S. The molecular weight excluding hydrogens is 508 g/mol. The molecule has 0 fully saturated rings. The van der Waals surface area contributed by atoms with E-state index in [1.54, 1.807) is 37.5 Å². The maximum absolute atomic E-state index is 14.3. The van der Waals surface area contributed by atoms with Gasteiger partial charge in [-0.15, -0.1) is 12.4 Å². The summed E-state index contributed by atoms with van der Waals surface area (Å²) < 4.78 is 42.4. The lowest BCUT2D eigenvalue weighted by Crippen LogP contribution is -2.12. The summed E-state index contributed by atoms with van der Waals surface area (Å²) in [6.07, 6.45) is 1.58. The molecule has 4 aromatic rings. The van der Waals surface area contributed by atoms with E-state index in [2.05, 4.69) is 10.6 Å². The molecule has 5 nitrogen and oxygen atoms in total. The highest BCUT2D eigenvalue weighted by atomic mass is 35.5. The van der Waals surface area contributed by atoms with Crippen molar-refractivity contribution in [3.8, 4) is 0 Å². The Hall–Kier alpha value is -2.29. The van der Waals surface area contributed by atoms with Crippen molar-refractivity contribution in [3.63, 3.8) is 0 Å². The molecule has 0 atom stereocenters. The Balaban J connectivity index is 0.00000306. The van der Waals surface area contributed by atoms with Gasteiger partial charge in [0.15, 0.2) is 0 Å². The van der Waals surface area contributed by atoms with Gasteiger partial charge in [0.25, 0.3) is 10.0 Å². The van der Waals surface area contributed by atoms with Gasteiger partial charge >= 0.3 is 0 Å². The first kappa shape index (κ1) is 25.3. The zero-order chi connectivity index (χ0) is 23.0. The van der Waals surface area contributed by atoms with E-state index in [-0.39, 0.29) is 33.2 Å². The molecule has 1 aromatic heterocycles. The van der Waals surface area contributed by atoms with Crippen LogP contribution >= 0.6 is 35.6 Å². The predicted molar refractivity (Wildman–Crippen MR) is 135 cm³/mol. The molecule has 2 N–H and O–H groups in total. The first-order valence-corrected chi connectivity index (χ1v) is 11.9. The zero-order valence-corrected chi connectivity index (χ0v) is 20.8. The molecule has 3 aromatic carbocycles. The number of aryl methyl sites for hydroxylation is 1. The average Bonchev–Trinajstić information content (AvgIpc) is 3.11. The van der Waals surface area contributed by atoms with Crippen LogP contribution in [0.25, 0.3) is 10.9 Å². The van der Waals surface area contributed by atoms with E-state index in [9.17, 15) is 12.8 Å². The van der Waals surface area contributed by atoms with Crippen molar-refractivity contribution in [2.24, 2.45) is 0 Å². The summed E-state index contributed by atoms with van der Waals surface area (Å²) in [7, 11) is -2.18. The van der Waals surface area contributed by atoms with Crippen LogP contribution < -0.4 is 10.6 Å². The third-order valence-electron chi connectivity index (χ3n) is 5.07. The van der Waals surface area contributed by atoms with Crippen LogP contribution in [0.5, 0.6) is 0 Å². The van der Waals surface area contributed by atoms with Gasteiger partial charge in [-0.1, -0.05) is 35.3 Å². The molecule has 0 saturated carbocycles. The molecule has 0 aliphatic carbocycles. The molecule has 0 amide bonds. The number of hydrogen-bond acceptors (Lipinski definition) is 4. The summed E-state index contributed by atoms with van der Waals surface area (Å²) in [4.78, 5) is 0.0164. The number of fused-ring (bicyclic) bond motifs is 1. The largest absolute Gasteiger partial charge is 0.353 e. The van der Waals surface area contributed by atoms with Crippen LogP contribution in [0, 0.1) is 12.7 Å². The summed E-state index contributed by atoms with van der Waals surface area (Å²) in [6, 6.07) is 14.4. The molecule has 33 heavy (non-hydrogen) atoms. The van der Waals surface area contributed by atoms with Crippen molar-refractivity contribution < 1.29 is 12.8 Å². The van der Waals surface area contributed by atoms with Crippen molar-refractivity contribution in [1.82, 2.24) is 9.29 Å². The number of hydrogen-bond donors (Lipinski definition) is 2. The van der Waals surface area contributed by atoms with Gasteiger partial charge in [0, 0.05) is 23.8 Å². The first-order valence-electron chi connectivity index (χ1n) is 9.73. The molecule has 1 heterocycles. The minimum absolute atomic E-state index is 0. The number of anilines is 2. The minimum Gasteiger partial charge on any atom is -0.353 e. The van der Waals surface area contributed by atoms with E-state index in [1.165, 1.54) is 28.2 Å². The molecule has 0 saturated heterocycles. The molecule has 4 rings (SSSR count). The van der Waals surface area contributed by atoms with E-state index in [1.807, 2.05) is 13.0 Å². The minimum atomic E-state index is -3.96. The molecule has 0 spiro atoms. The van der Waals surface area contributed by atoms with E-state index in [0.717, 1.165) is 16.5 Å². The summed E-state index contributed by atoms with van der Waals surface area (Å²) in [6.45, 7) is 2.28. The first-order chi connectivity index (χ1) is 15.2. The number of aromatic nitrogens is 1. The quantitative estimate of drug-likeness (QED) is 0.299. The van der Waals surface area contributed by atoms with E-state index in [4.69, 9.17) is 23.2 Å². The van der Waals surface area contributed by atoms with Crippen LogP contribution in [-0.2, 0) is 16.6 Å². The van der Waals surface area contributed by atoms with Gasteiger partial charge in [-0.3, -0.25) is 0 Å². The topological polar surface area (TPSA) is 63.1 Å². The third kappa shape index (κ3) is 4.98. The van der Waals surface area contributed by atoms with Crippen molar-refractivity contribution in [1.29, 1.82) is 0 Å². The Kier molecular flexibility index (Phi) is 7.61. The Labute approximate surface area is 208 Å². The van der Waals surface area contributed by atoms with Gasteiger partial charge in [0.1, 0.15) is 5.82 Å². The smallest absolute Gasteiger partial charge is 0.268 e. The fraction of sp³-hybridized carbons (Fsp3) is 0.130. The maximum Gasteiger partial charge on any atom is 0.268 e. The van der Waals surface area contributed by atoms with Crippen molar-refractivity contribution in [2.45, 2.75) is 18.4 Å². The van der Waals surface area contributed by atoms with E-state index < -0.39 is 10.0 Å². The van der Waals surface area contributed by atoms with E-state index in [0.29, 0.717) is 23.4 Å². The fourth-order valence-corrected chi connectivity index (χ4v) is 5.27. The number of rotatable bonds is 6. The van der Waals surface area contributed by atoms with Crippen LogP contribution in [0.3, 0.4) is 0 Å². The second-order valence-corrected chi connectivity index (χ2v) is 10.0. The second-order valence-electron chi connectivity index (χ2n) is 7.40. The zero-order valence-electron chi connectivity index (χ0n) is 17.7. The lowest BCUT2D eigenvalue weighted by Gasteiger charge is -2.11. The van der Waals surface area contributed by atoms with Gasteiger partial charge < -0.3 is 10.6 Å². The maximum atomic E-state index is 14.3. The highest BCUT2D eigenvalue weighted by Gasteiger charge is 2.22. The normalized spacial score (nSPS) is 11.4. The summed E-state index contributed by atoms with van der Waals surface area (Å²) in [5.74, 6) is -0.389. The highest BCUT2D eigenvalue weighted by Crippen LogP contribution is 2.32. The van der Waals surface area contributed by atoms with Crippen molar-refractivity contribution in [3.05, 3.63) is 87.8 Å². The van der Waals surface area contributed by atoms with Gasteiger partial charge in [-0.05, 0) is 67.6 Å². The van der Waals surface area contributed by atoms with Crippen LogP contribution in [-0.4, -0.2) is 19.4 Å². The van der Waals surface area contributed by atoms with Gasteiger partial charge in [0.05, 0.1) is 26.1 Å². The predicted octanol–water partition coefficient (Wildman–Crippen LogP) is 6.52. The summed E-state index contributed by atoms with van der Waals surface area (Å²) in [5.41, 5.74) is 2.93. The molecule has 174 valence electrons. The molecule has 0 unspecified atom stereocenters. The van der Waals surface area contributed by atoms with Gasteiger partial charge in [-0.25, -0.2) is 16.8 Å². The highest BCUT2D eigenvalue weighted by molar-refractivity contribution is 7.90. The van der Waals surface area contributed by atoms with Crippen molar-refractivity contribution >= 4 is 67.9 Å².